The normalized spacial score (nSPS) is 16.2. The summed E-state index contributed by atoms with van der Waals surface area (Å²) in [5, 5.41) is 16.7. The third-order valence-electron chi connectivity index (χ3n) is 4.11. The number of halogens is 1. The van der Waals surface area contributed by atoms with Crippen molar-refractivity contribution in [3.05, 3.63) is 43.7 Å². The summed E-state index contributed by atoms with van der Waals surface area (Å²) in [4.78, 5) is 18.2. The van der Waals surface area contributed by atoms with Crippen molar-refractivity contribution in [2.75, 3.05) is 24.1 Å². The summed E-state index contributed by atoms with van der Waals surface area (Å²) in [6.07, 6.45) is 3.13. The third-order valence-corrected chi connectivity index (χ3v) is 5.26. The number of likely N-dealkylation sites (tertiary alicyclic amines) is 1. The van der Waals surface area contributed by atoms with Gasteiger partial charge in [0.2, 0.25) is 5.82 Å². The zero-order valence-electron chi connectivity index (χ0n) is 12.9. The van der Waals surface area contributed by atoms with Crippen molar-refractivity contribution in [2.45, 2.75) is 25.4 Å². The summed E-state index contributed by atoms with van der Waals surface area (Å²) >= 11 is 7.85. The van der Waals surface area contributed by atoms with Crippen LogP contribution in [0.1, 0.15) is 17.7 Å². The van der Waals surface area contributed by atoms with E-state index in [2.05, 4.69) is 32.7 Å². The lowest BCUT2D eigenvalue weighted by molar-refractivity contribution is -0.383. The van der Waals surface area contributed by atoms with E-state index < -0.39 is 4.92 Å². The van der Waals surface area contributed by atoms with E-state index in [0.717, 1.165) is 32.5 Å². The Kier molecular flexibility index (Phi) is 5.17. The predicted molar refractivity (Wildman–Crippen MR) is 96.6 cm³/mol. The summed E-state index contributed by atoms with van der Waals surface area (Å²) in [6, 6.07) is 4.32. The van der Waals surface area contributed by atoms with Crippen LogP contribution >= 0.6 is 22.9 Å². The second kappa shape index (κ2) is 7.33. The second-order valence-electron chi connectivity index (χ2n) is 5.75. The molecule has 0 unspecified atom stereocenters. The molecule has 1 aliphatic heterocycles. The highest BCUT2D eigenvalue weighted by atomic mass is 35.5. The van der Waals surface area contributed by atoms with E-state index in [1.54, 1.807) is 11.3 Å². The Bertz CT molecular complexity index is 717. The van der Waals surface area contributed by atoms with Crippen LogP contribution in [0.5, 0.6) is 0 Å². The highest BCUT2D eigenvalue weighted by Gasteiger charge is 2.26. The van der Waals surface area contributed by atoms with E-state index in [1.165, 1.54) is 11.1 Å². The Morgan fingerprint density at radius 1 is 1.50 bits per heavy atom. The molecular formula is C15H18ClN5O2S. The molecule has 7 nitrogen and oxygen atoms in total. The minimum absolute atomic E-state index is 0.123. The first-order valence-electron chi connectivity index (χ1n) is 7.64. The van der Waals surface area contributed by atoms with Crippen LogP contribution in [0, 0.1) is 10.1 Å². The number of nitro groups is 1. The van der Waals surface area contributed by atoms with Crippen LogP contribution in [-0.4, -0.2) is 33.9 Å². The molecule has 2 aromatic heterocycles. The molecule has 24 heavy (non-hydrogen) atoms. The largest absolute Gasteiger partial charge is 0.378 e. The summed E-state index contributed by atoms with van der Waals surface area (Å²) in [5.41, 5.74) is 5.66. The van der Waals surface area contributed by atoms with Gasteiger partial charge in [-0.1, -0.05) is 17.7 Å². The molecule has 3 heterocycles. The zero-order chi connectivity index (χ0) is 17.1. The first-order valence-corrected chi connectivity index (χ1v) is 8.90. The SMILES string of the molecule is Nc1ncc(Cl)c(NC2CCN(Cc3cccs3)CC2)c1[N+](=O)[O-]. The predicted octanol–water partition coefficient (Wildman–Crippen LogP) is 3.36. The maximum Gasteiger partial charge on any atom is 0.335 e. The average molecular weight is 368 g/mol. The van der Waals surface area contributed by atoms with Gasteiger partial charge in [-0.3, -0.25) is 15.0 Å². The number of nitrogens with zero attached hydrogens (tertiary/aromatic N) is 3. The van der Waals surface area contributed by atoms with Crippen molar-refractivity contribution in [2.24, 2.45) is 0 Å². The van der Waals surface area contributed by atoms with E-state index in [-0.39, 0.29) is 28.3 Å². The van der Waals surface area contributed by atoms with Gasteiger partial charge in [0.05, 0.1) is 16.1 Å². The Labute approximate surface area is 148 Å². The zero-order valence-corrected chi connectivity index (χ0v) is 14.5. The van der Waals surface area contributed by atoms with Crippen LogP contribution < -0.4 is 11.1 Å². The highest BCUT2D eigenvalue weighted by Crippen LogP contribution is 2.36. The maximum absolute atomic E-state index is 11.2. The molecule has 0 saturated carbocycles. The fraction of sp³-hybridized carbons (Fsp3) is 0.400. The number of nitrogens with one attached hydrogen (secondary N) is 1. The van der Waals surface area contributed by atoms with E-state index in [1.807, 2.05) is 0 Å². The minimum atomic E-state index is -0.539. The summed E-state index contributed by atoms with van der Waals surface area (Å²) in [6.45, 7) is 2.82. The van der Waals surface area contributed by atoms with Crippen molar-refractivity contribution >= 4 is 40.1 Å². The number of anilines is 2. The van der Waals surface area contributed by atoms with Gasteiger partial charge in [0.25, 0.3) is 0 Å². The van der Waals surface area contributed by atoms with Crippen molar-refractivity contribution in [3.8, 4) is 0 Å². The molecule has 3 N–H and O–H groups in total. The Morgan fingerprint density at radius 2 is 2.25 bits per heavy atom. The maximum atomic E-state index is 11.2. The van der Waals surface area contributed by atoms with E-state index in [9.17, 15) is 10.1 Å². The molecule has 0 atom stereocenters. The lowest BCUT2D eigenvalue weighted by Gasteiger charge is -2.32. The molecule has 2 aromatic rings. The van der Waals surface area contributed by atoms with Crippen LogP contribution in [-0.2, 0) is 6.54 Å². The number of hydrogen-bond donors (Lipinski definition) is 2. The minimum Gasteiger partial charge on any atom is -0.378 e. The average Bonchev–Trinajstić information content (AvgIpc) is 3.05. The monoisotopic (exact) mass is 367 g/mol. The van der Waals surface area contributed by atoms with Crippen LogP contribution in [0.25, 0.3) is 0 Å². The van der Waals surface area contributed by atoms with Gasteiger partial charge >= 0.3 is 5.69 Å². The van der Waals surface area contributed by atoms with Gasteiger partial charge in [0.1, 0.15) is 5.69 Å². The van der Waals surface area contributed by atoms with Gasteiger partial charge in [-0.2, -0.15) is 0 Å². The van der Waals surface area contributed by atoms with Gasteiger partial charge in [-0.25, -0.2) is 4.98 Å². The van der Waals surface area contributed by atoms with E-state index >= 15 is 0 Å². The van der Waals surface area contributed by atoms with Gasteiger partial charge < -0.3 is 11.1 Å². The highest BCUT2D eigenvalue weighted by molar-refractivity contribution is 7.09. The summed E-state index contributed by atoms with van der Waals surface area (Å²) in [5.74, 6) is -0.123. The van der Waals surface area contributed by atoms with E-state index in [4.69, 9.17) is 17.3 Å². The lowest BCUT2D eigenvalue weighted by atomic mass is 10.0. The second-order valence-corrected chi connectivity index (χ2v) is 7.19. The van der Waals surface area contributed by atoms with Crippen molar-refractivity contribution < 1.29 is 4.92 Å². The number of nitrogens with two attached hydrogens (primary N) is 1. The van der Waals surface area contributed by atoms with Gasteiger partial charge in [-0.15, -0.1) is 11.3 Å². The molecule has 1 aliphatic rings. The first-order chi connectivity index (χ1) is 11.5. The molecule has 1 fully saturated rings. The Hall–Kier alpha value is -1.90. The number of rotatable bonds is 5. The Balaban J connectivity index is 1.64. The van der Waals surface area contributed by atoms with Crippen LogP contribution in [0.15, 0.2) is 23.7 Å². The summed E-state index contributed by atoms with van der Waals surface area (Å²) in [7, 11) is 0. The van der Waals surface area contributed by atoms with Gasteiger partial charge in [0, 0.05) is 30.6 Å². The molecule has 128 valence electrons. The smallest absolute Gasteiger partial charge is 0.335 e. The number of pyridine rings is 1. The molecule has 0 bridgehead atoms. The summed E-state index contributed by atoms with van der Waals surface area (Å²) < 4.78 is 0. The van der Waals surface area contributed by atoms with Crippen LogP contribution in [0.4, 0.5) is 17.2 Å². The van der Waals surface area contributed by atoms with Crippen LogP contribution in [0.3, 0.4) is 0 Å². The molecular weight excluding hydrogens is 350 g/mol. The molecule has 0 spiro atoms. The van der Waals surface area contributed by atoms with Crippen LogP contribution in [0.2, 0.25) is 5.02 Å². The van der Waals surface area contributed by atoms with Crippen molar-refractivity contribution in [1.82, 2.24) is 9.88 Å². The number of thiophene rings is 1. The molecule has 9 heteroatoms. The fourth-order valence-corrected chi connectivity index (χ4v) is 3.82. The van der Waals surface area contributed by atoms with Crippen molar-refractivity contribution in [3.63, 3.8) is 0 Å². The molecule has 0 aromatic carbocycles. The number of hydrogen-bond acceptors (Lipinski definition) is 7. The molecule has 0 aliphatic carbocycles. The topological polar surface area (TPSA) is 97.3 Å². The van der Waals surface area contributed by atoms with Crippen molar-refractivity contribution in [1.29, 1.82) is 0 Å². The van der Waals surface area contributed by atoms with Gasteiger partial charge in [-0.05, 0) is 24.3 Å². The molecule has 1 saturated heterocycles. The fourth-order valence-electron chi connectivity index (χ4n) is 2.88. The number of aromatic nitrogens is 1. The van der Waals surface area contributed by atoms with E-state index in [0.29, 0.717) is 0 Å². The molecule has 0 radical (unpaired) electrons. The standard InChI is InChI=1S/C15H18ClN5O2S/c16-12-8-18-15(17)14(21(22)23)13(12)19-10-3-5-20(6-4-10)9-11-2-1-7-24-11/h1-2,7-8,10H,3-6,9H2,(H3,17,18,19). The molecule has 0 amide bonds. The molecule has 3 rings (SSSR count). The Morgan fingerprint density at radius 3 is 2.88 bits per heavy atom. The lowest BCUT2D eigenvalue weighted by Crippen LogP contribution is -2.38. The van der Waals surface area contributed by atoms with Gasteiger partial charge in [0.15, 0.2) is 0 Å². The third kappa shape index (κ3) is 3.77. The first kappa shape index (κ1) is 16.9. The number of nitrogen functional groups attached to an aromatic ring is 1. The quantitative estimate of drug-likeness (QED) is 0.621. The number of piperidine rings is 1.